The van der Waals surface area contributed by atoms with Crippen molar-refractivity contribution in [1.82, 2.24) is 4.90 Å². The van der Waals surface area contributed by atoms with E-state index in [1.54, 1.807) is 6.92 Å². The van der Waals surface area contributed by atoms with Gasteiger partial charge < -0.3 is 10.1 Å². The Labute approximate surface area is 125 Å². The van der Waals surface area contributed by atoms with Crippen LogP contribution in [0.5, 0.6) is 0 Å². The monoisotopic (exact) mass is 284 g/mol. The van der Waals surface area contributed by atoms with Crippen LogP contribution in [0.3, 0.4) is 0 Å². The highest BCUT2D eigenvalue weighted by Gasteiger charge is 2.30. The van der Waals surface area contributed by atoms with Crippen molar-refractivity contribution in [3.05, 3.63) is 60.3 Å². The number of rotatable bonds is 5. The highest BCUT2D eigenvalue weighted by molar-refractivity contribution is 6.06. The maximum absolute atomic E-state index is 12.8. The number of Topliss-reactive ketones (excluding diaryl/α,β-unsaturated/α-hetero) is 1. The van der Waals surface area contributed by atoms with Crippen LogP contribution in [-0.4, -0.2) is 34.7 Å². The molecule has 1 aromatic rings. The molecule has 1 aliphatic heterocycles. The second kappa shape index (κ2) is 6.88. The number of nitrogens with zero attached hydrogens (tertiary/aromatic N) is 2. The number of allylic oxidation sites excluding steroid dienone is 2. The van der Waals surface area contributed by atoms with Gasteiger partial charge in [-0.3, -0.25) is 4.79 Å². The van der Waals surface area contributed by atoms with Gasteiger partial charge in [0.05, 0.1) is 11.6 Å². The number of benzene rings is 1. The predicted molar refractivity (Wildman–Crippen MR) is 83.4 cm³/mol. The van der Waals surface area contributed by atoms with E-state index in [1.807, 2.05) is 66.7 Å². The van der Waals surface area contributed by atoms with Crippen molar-refractivity contribution in [1.29, 1.82) is 0 Å². The number of ketones is 1. The Hall–Kier alpha value is -2.36. The fourth-order valence-electron chi connectivity index (χ4n) is 2.46. The fourth-order valence-corrected chi connectivity index (χ4v) is 2.46. The summed E-state index contributed by atoms with van der Waals surface area (Å²) < 4.78 is 0. The van der Waals surface area contributed by atoms with Crippen molar-refractivity contribution in [2.24, 2.45) is 11.1 Å². The van der Waals surface area contributed by atoms with Crippen molar-refractivity contribution in [2.75, 3.05) is 7.05 Å². The first-order valence-electron chi connectivity index (χ1n) is 6.96. The van der Waals surface area contributed by atoms with Crippen molar-refractivity contribution in [2.45, 2.75) is 19.4 Å². The zero-order valence-electron chi connectivity index (χ0n) is 12.3. The quantitative estimate of drug-likeness (QED) is 0.514. The molecule has 1 heterocycles. The van der Waals surface area contributed by atoms with E-state index in [4.69, 9.17) is 5.21 Å². The predicted octanol–water partition coefficient (Wildman–Crippen LogP) is 2.65. The van der Waals surface area contributed by atoms with Crippen LogP contribution < -0.4 is 0 Å². The lowest BCUT2D eigenvalue weighted by Crippen LogP contribution is -2.41. The normalized spacial score (nSPS) is 19.6. The van der Waals surface area contributed by atoms with Gasteiger partial charge in [0, 0.05) is 7.05 Å². The average Bonchev–Trinajstić information content (AvgIpc) is 2.53. The van der Waals surface area contributed by atoms with Crippen molar-refractivity contribution >= 4 is 11.5 Å². The molecule has 2 unspecified atom stereocenters. The summed E-state index contributed by atoms with van der Waals surface area (Å²) >= 11 is 0. The van der Waals surface area contributed by atoms with Gasteiger partial charge in [-0.1, -0.05) is 47.6 Å². The van der Waals surface area contributed by atoms with Gasteiger partial charge in [-0.2, -0.15) is 0 Å². The third kappa shape index (κ3) is 3.60. The van der Waals surface area contributed by atoms with E-state index in [9.17, 15) is 4.79 Å². The standard InChI is InChI=1S/C17H20N2O2/c1-13(18-21)15(12-14-8-4-3-5-9-14)17(20)16-10-6-7-11-19(16)2/h3-11,15-16,21H,12H2,1-2H3. The molecule has 110 valence electrons. The van der Waals surface area contributed by atoms with Gasteiger partial charge in [-0.05, 0) is 31.2 Å². The summed E-state index contributed by atoms with van der Waals surface area (Å²) in [5.41, 5.74) is 1.50. The van der Waals surface area contributed by atoms with Gasteiger partial charge in [-0.15, -0.1) is 0 Å². The van der Waals surface area contributed by atoms with Crippen LogP contribution >= 0.6 is 0 Å². The minimum atomic E-state index is -0.430. The molecule has 0 bridgehead atoms. The van der Waals surface area contributed by atoms with Crippen molar-refractivity contribution in [3.8, 4) is 0 Å². The highest BCUT2D eigenvalue weighted by Crippen LogP contribution is 2.18. The maximum atomic E-state index is 12.8. The van der Waals surface area contributed by atoms with Crippen LogP contribution in [0, 0.1) is 5.92 Å². The highest BCUT2D eigenvalue weighted by atomic mass is 16.4. The minimum Gasteiger partial charge on any atom is -0.411 e. The SMILES string of the molecule is CC(=NO)C(Cc1ccccc1)C(=O)C1C=CC=CN1C. The molecule has 0 fully saturated rings. The van der Waals surface area contributed by atoms with Gasteiger partial charge in [0.15, 0.2) is 5.78 Å². The van der Waals surface area contributed by atoms with Crippen molar-refractivity contribution in [3.63, 3.8) is 0 Å². The van der Waals surface area contributed by atoms with Gasteiger partial charge in [0.2, 0.25) is 0 Å². The Morgan fingerprint density at radius 2 is 2.05 bits per heavy atom. The first kappa shape index (κ1) is 15.0. The van der Waals surface area contributed by atoms with Crippen LogP contribution in [0.4, 0.5) is 0 Å². The van der Waals surface area contributed by atoms with E-state index in [1.165, 1.54) is 0 Å². The number of likely N-dealkylation sites (N-methyl/N-ethyl adjacent to an activating group) is 1. The van der Waals surface area contributed by atoms with E-state index in [-0.39, 0.29) is 11.8 Å². The zero-order valence-corrected chi connectivity index (χ0v) is 12.3. The van der Waals surface area contributed by atoms with E-state index < -0.39 is 5.92 Å². The lowest BCUT2D eigenvalue weighted by atomic mass is 9.87. The minimum absolute atomic E-state index is 0.0391. The summed E-state index contributed by atoms with van der Waals surface area (Å²) in [4.78, 5) is 14.7. The van der Waals surface area contributed by atoms with Crippen LogP contribution in [0.25, 0.3) is 0 Å². The van der Waals surface area contributed by atoms with E-state index in [2.05, 4.69) is 5.16 Å². The molecule has 0 amide bonds. The molecule has 0 radical (unpaired) electrons. The summed E-state index contributed by atoms with van der Waals surface area (Å²) in [6.45, 7) is 1.69. The topological polar surface area (TPSA) is 52.9 Å². The molecule has 21 heavy (non-hydrogen) atoms. The molecule has 2 rings (SSSR count). The molecule has 2 atom stereocenters. The van der Waals surface area contributed by atoms with Crippen LogP contribution in [0.1, 0.15) is 12.5 Å². The molecule has 1 aliphatic rings. The number of hydrogen-bond donors (Lipinski definition) is 1. The number of hydrogen-bond acceptors (Lipinski definition) is 4. The second-order valence-electron chi connectivity index (χ2n) is 5.22. The first-order valence-corrected chi connectivity index (χ1v) is 6.96. The van der Waals surface area contributed by atoms with Crippen LogP contribution in [-0.2, 0) is 11.2 Å². The summed E-state index contributed by atoms with van der Waals surface area (Å²) in [7, 11) is 1.87. The molecular formula is C17H20N2O2. The van der Waals surface area contributed by atoms with E-state index in [0.717, 1.165) is 5.56 Å². The lowest BCUT2D eigenvalue weighted by molar-refractivity contribution is -0.123. The molecule has 0 aliphatic carbocycles. The Balaban J connectivity index is 2.22. The Kier molecular flexibility index (Phi) is 4.93. The fraction of sp³-hybridized carbons (Fsp3) is 0.294. The summed E-state index contributed by atoms with van der Waals surface area (Å²) in [5.74, 6) is -0.391. The number of carbonyl (C=O) groups is 1. The molecule has 0 saturated heterocycles. The largest absolute Gasteiger partial charge is 0.411 e. The molecule has 4 nitrogen and oxygen atoms in total. The Bertz CT molecular complexity index is 576. The maximum Gasteiger partial charge on any atom is 0.168 e. The van der Waals surface area contributed by atoms with E-state index >= 15 is 0 Å². The van der Waals surface area contributed by atoms with Gasteiger partial charge in [0.1, 0.15) is 6.04 Å². The molecule has 0 aromatic heterocycles. The summed E-state index contributed by atoms with van der Waals surface area (Å²) in [5, 5.41) is 12.3. The average molecular weight is 284 g/mol. The third-order valence-corrected chi connectivity index (χ3v) is 3.74. The van der Waals surface area contributed by atoms with Gasteiger partial charge in [0.25, 0.3) is 0 Å². The summed E-state index contributed by atoms with van der Waals surface area (Å²) in [6.07, 6.45) is 8.03. The third-order valence-electron chi connectivity index (χ3n) is 3.74. The van der Waals surface area contributed by atoms with Crippen LogP contribution in [0.15, 0.2) is 59.9 Å². The smallest absolute Gasteiger partial charge is 0.168 e. The molecule has 1 aromatic carbocycles. The van der Waals surface area contributed by atoms with Crippen LogP contribution in [0.2, 0.25) is 0 Å². The number of oxime groups is 1. The summed E-state index contributed by atoms with van der Waals surface area (Å²) in [6, 6.07) is 9.46. The zero-order chi connectivity index (χ0) is 15.2. The lowest BCUT2D eigenvalue weighted by Gasteiger charge is -2.28. The van der Waals surface area contributed by atoms with Gasteiger partial charge >= 0.3 is 0 Å². The molecule has 0 saturated carbocycles. The number of carbonyl (C=O) groups excluding carboxylic acids is 1. The van der Waals surface area contributed by atoms with Crippen molar-refractivity contribution < 1.29 is 10.0 Å². The first-order chi connectivity index (χ1) is 10.1. The molecular weight excluding hydrogens is 264 g/mol. The Morgan fingerprint density at radius 1 is 1.33 bits per heavy atom. The second-order valence-corrected chi connectivity index (χ2v) is 5.22. The van der Waals surface area contributed by atoms with Gasteiger partial charge in [-0.25, -0.2) is 0 Å². The molecule has 1 N–H and O–H groups in total. The van der Waals surface area contributed by atoms with E-state index in [0.29, 0.717) is 12.1 Å². The molecule has 4 heteroatoms. The Morgan fingerprint density at radius 3 is 2.67 bits per heavy atom. The molecule has 0 spiro atoms.